The van der Waals surface area contributed by atoms with E-state index in [4.69, 9.17) is 10.2 Å². The van der Waals surface area contributed by atoms with Crippen molar-refractivity contribution in [2.45, 2.75) is 38.8 Å². The van der Waals surface area contributed by atoms with Gasteiger partial charge in [0.25, 0.3) is 0 Å². The van der Waals surface area contributed by atoms with E-state index in [0.717, 1.165) is 0 Å². The van der Waals surface area contributed by atoms with Crippen LogP contribution in [0.15, 0.2) is 0 Å². The lowest BCUT2D eigenvalue weighted by molar-refractivity contribution is 0.0678. The van der Waals surface area contributed by atoms with Gasteiger partial charge >= 0.3 is 0 Å². The van der Waals surface area contributed by atoms with Crippen LogP contribution in [0.3, 0.4) is 0 Å². The van der Waals surface area contributed by atoms with E-state index in [1.165, 1.54) is 6.92 Å². The molecule has 0 saturated heterocycles. The molecule has 0 aliphatic heterocycles. The Morgan fingerprint density at radius 1 is 1.18 bits per heavy atom. The number of aliphatic hydroxyl groups excluding tert-OH is 2. The van der Waals surface area contributed by atoms with Gasteiger partial charge in [-0.25, -0.2) is 0 Å². The predicted molar refractivity (Wildman–Crippen MR) is 48.8 cm³/mol. The highest BCUT2D eigenvalue weighted by molar-refractivity contribution is 6.83. The zero-order chi connectivity index (χ0) is 9.07. The first-order chi connectivity index (χ1) is 4.83. The molecule has 2 nitrogen and oxygen atoms in total. The quantitative estimate of drug-likeness (QED) is 0.449. The number of hydrogen-bond donors (Lipinski definition) is 2. The SMILES string of the molecule is C[C@H](O)C(O)C#C[Si](C)(C)C. The summed E-state index contributed by atoms with van der Waals surface area (Å²) in [7, 11) is -1.40. The fourth-order valence-electron chi connectivity index (χ4n) is 0.411. The van der Waals surface area contributed by atoms with Gasteiger partial charge in [-0.05, 0) is 6.92 Å². The summed E-state index contributed by atoms with van der Waals surface area (Å²) in [5.41, 5.74) is 2.98. The van der Waals surface area contributed by atoms with Crippen molar-refractivity contribution >= 4 is 8.07 Å². The summed E-state index contributed by atoms with van der Waals surface area (Å²) in [6, 6.07) is 0. The van der Waals surface area contributed by atoms with Crippen molar-refractivity contribution in [1.82, 2.24) is 0 Å². The summed E-state index contributed by atoms with van der Waals surface area (Å²) >= 11 is 0. The maximum absolute atomic E-state index is 9.09. The van der Waals surface area contributed by atoms with Crippen LogP contribution in [0.25, 0.3) is 0 Å². The van der Waals surface area contributed by atoms with Crippen molar-refractivity contribution in [2.75, 3.05) is 0 Å². The van der Waals surface area contributed by atoms with E-state index in [0.29, 0.717) is 0 Å². The van der Waals surface area contributed by atoms with E-state index in [1.54, 1.807) is 0 Å². The van der Waals surface area contributed by atoms with Crippen molar-refractivity contribution in [3.63, 3.8) is 0 Å². The van der Waals surface area contributed by atoms with Crippen molar-refractivity contribution < 1.29 is 10.2 Å². The molecule has 0 aliphatic carbocycles. The Morgan fingerprint density at radius 3 is 1.91 bits per heavy atom. The van der Waals surface area contributed by atoms with Crippen molar-refractivity contribution in [2.24, 2.45) is 0 Å². The Morgan fingerprint density at radius 2 is 1.64 bits per heavy atom. The van der Waals surface area contributed by atoms with Crippen LogP contribution >= 0.6 is 0 Å². The molecule has 1 unspecified atom stereocenters. The molecule has 0 aromatic rings. The van der Waals surface area contributed by atoms with Crippen LogP contribution in [0.4, 0.5) is 0 Å². The van der Waals surface area contributed by atoms with Crippen LogP contribution in [-0.4, -0.2) is 30.5 Å². The summed E-state index contributed by atoms with van der Waals surface area (Å²) in [6.45, 7) is 7.81. The highest BCUT2D eigenvalue weighted by Gasteiger charge is 2.10. The second kappa shape index (κ2) is 3.91. The Balaban J connectivity index is 4.08. The summed E-state index contributed by atoms with van der Waals surface area (Å²) in [4.78, 5) is 0. The fourth-order valence-corrected chi connectivity index (χ4v) is 0.992. The van der Waals surface area contributed by atoms with Gasteiger partial charge in [0, 0.05) is 0 Å². The maximum atomic E-state index is 9.09. The van der Waals surface area contributed by atoms with Gasteiger partial charge in [0.1, 0.15) is 14.2 Å². The summed E-state index contributed by atoms with van der Waals surface area (Å²) in [5, 5.41) is 18.0. The first kappa shape index (κ1) is 10.7. The van der Waals surface area contributed by atoms with Gasteiger partial charge < -0.3 is 10.2 Å². The zero-order valence-corrected chi connectivity index (χ0v) is 8.55. The number of aliphatic hydroxyl groups is 2. The van der Waals surface area contributed by atoms with Gasteiger partial charge in [-0.15, -0.1) is 5.54 Å². The molecule has 0 aromatic carbocycles. The zero-order valence-electron chi connectivity index (χ0n) is 7.55. The molecule has 2 atom stereocenters. The Labute approximate surface area is 69.3 Å². The molecule has 64 valence electrons. The van der Waals surface area contributed by atoms with Gasteiger partial charge in [-0.3, -0.25) is 0 Å². The topological polar surface area (TPSA) is 40.5 Å². The van der Waals surface area contributed by atoms with Crippen LogP contribution in [0, 0.1) is 11.5 Å². The molecule has 0 bridgehead atoms. The third-order valence-electron chi connectivity index (χ3n) is 1.05. The smallest absolute Gasteiger partial charge is 0.139 e. The third kappa shape index (κ3) is 6.11. The minimum atomic E-state index is -1.40. The molecule has 0 rings (SSSR count). The molecule has 0 heterocycles. The molecule has 0 spiro atoms. The van der Waals surface area contributed by atoms with Crippen molar-refractivity contribution in [3.8, 4) is 11.5 Å². The van der Waals surface area contributed by atoms with Crippen LogP contribution in [0.2, 0.25) is 19.6 Å². The lowest BCUT2D eigenvalue weighted by Gasteiger charge is -2.08. The molecule has 0 aromatic heterocycles. The van der Waals surface area contributed by atoms with E-state index in [9.17, 15) is 0 Å². The number of hydrogen-bond acceptors (Lipinski definition) is 2. The van der Waals surface area contributed by atoms with Gasteiger partial charge in [-0.2, -0.15) is 0 Å². The minimum Gasteiger partial charge on any atom is -0.390 e. The Bertz CT molecular complexity index is 171. The first-order valence-corrected chi connectivity index (χ1v) is 7.22. The highest BCUT2D eigenvalue weighted by Crippen LogP contribution is 1.97. The molecule has 0 fully saturated rings. The van der Waals surface area contributed by atoms with Gasteiger partial charge in [-0.1, -0.05) is 25.6 Å². The van der Waals surface area contributed by atoms with E-state index in [-0.39, 0.29) is 0 Å². The predicted octanol–water partition coefficient (Wildman–Crippen LogP) is 0.609. The number of rotatable bonds is 1. The third-order valence-corrected chi connectivity index (χ3v) is 1.95. The summed E-state index contributed by atoms with van der Waals surface area (Å²) in [6.07, 6.45) is -1.64. The Hall–Kier alpha value is -0.303. The van der Waals surface area contributed by atoms with Crippen molar-refractivity contribution in [1.29, 1.82) is 0 Å². The lowest BCUT2D eigenvalue weighted by atomic mass is 10.2. The van der Waals surface area contributed by atoms with Crippen LogP contribution in [-0.2, 0) is 0 Å². The van der Waals surface area contributed by atoms with Gasteiger partial charge in [0.2, 0.25) is 0 Å². The van der Waals surface area contributed by atoms with Crippen LogP contribution in [0.5, 0.6) is 0 Å². The van der Waals surface area contributed by atoms with E-state index in [1.807, 2.05) is 0 Å². The van der Waals surface area contributed by atoms with E-state index in [2.05, 4.69) is 31.1 Å². The lowest BCUT2D eigenvalue weighted by Crippen LogP contribution is -2.23. The minimum absolute atomic E-state index is 0.751. The standard InChI is InChI=1S/C8H16O2Si/c1-7(9)8(10)5-6-11(2,3)4/h7-10H,1-4H3/t7-,8?/m0/s1. The molecule has 0 saturated carbocycles. The molecule has 0 radical (unpaired) electrons. The molecule has 3 heteroatoms. The summed E-state index contributed by atoms with van der Waals surface area (Å²) in [5.74, 6) is 2.64. The largest absolute Gasteiger partial charge is 0.390 e. The van der Waals surface area contributed by atoms with Crippen LogP contribution in [0.1, 0.15) is 6.92 Å². The maximum Gasteiger partial charge on any atom is 0.139 e. The second-order valence-corrected chi connectivity index (χ2v) is 8.45. The highest BCUT2D eigenvalue weighted by atomic mass is 28.3. The monoisotopic (exact) mass is 172 g/mol. The average molecular weight is 172 g/mol. The summed E-state index contributed by atoms with van der Waals surface area (Å²) < 4.78 is 0. The van der Waals surface area contributed by atoms with Gasteiger partial charge in [0.05, 0.1) is 6.10 Å². The molecule has 0 aliphatic rings. The average Bonchev–Trinajstić information content (AvgIpc) is 1.80. The molecular weight excluding hydrogens is 156 g/mol. The normalized spacial score (nSPS) is 16.5. The molecule has 11 heavy (non-hydrogen) atoms. The van der Waals surface area contributed by atoms with Crippen molar-refractivity contribution in [3.05, 3.63) is 0 Å². The molecule has 2 N–H and O–H groups in total. The van der Waals surface area contributed by atoms with Gasteiger partial charge in [0.15, 0.2) is 0 Å². The molecule has 0 amide bonds. The van der Waals surface area contributed by atoms with E-state index < -0.39 is 20.3 Å². The van der Waals surface area contributed by atoms with E-state index >= 15 is 0 Å². The fraction of sp³-hybridized carbons (Fsp3) is 0.750. The Kier molecular flexibility index (Phi) is 3.80. The van der Waals surface area contributed by atoms with Crippen LogP contribution < -0.4 is 0 Å². The molecular formula is C8H16O2Si. The first-order valence-electron chi connectivity index (χ1n) is 3.72. The second-order valence-electron chi connectivity index (χ2n) is 3.70.